The van der Waals surface area contributed by atoms with Gasteiger partial charge in [-0.1, -0.05) is 6.92 Å². The van der Waals surface area contributed by atoms with Crippen molar-refractivity contribution in [2.75, 3.05) is 20.3 Å². The highest BCUT2D eigenvalue weighted by atomic mass is 16.5. The fraction of sp³-hybridized carbons (Fsp3) is 0.545. The number of ether oxygens (including phenoxy) is 1. The van der Waals surface area contributed by atoms with Crippen molar-refractivity contribution in [3.63, 3.8) is 0 Å². The average molecular weight is 210 g/mol. The second-order valence-electron chi connectivity index (χ2n) is 3.44. The SMILES string of the molecule is CCNC(COC)Cn1ccc(=O)cc1. The van der Waals surface area contributed by atoms with Gasteiger partial charge in [-0.2, -0.15) is 0 Å². The van der Waals surface area contributed by atoms with E-state index in [4.69, 9.17) is 4.74 Å². The number of nitrogens with zero attached hydrogens (tertiary/aromatic N) is 1. The second-order valence-corrected chi connectivity index (χ2v) is 3.44. The van der Waals surface area contributed by atoms with Crippen molar-refractivity contribution in [3.8, 4) is 0 Å². The number of likely N-dealkylation sites (N-methyl/N-ethyl adjacent to an activating group) is 1. The minimum Gasteiger partial charge on any atom is -0.383 e. The molecule has 1 N–H and O–H groups in total. The van der Waals surface area contributed by atoms with Crippen molar-refractivity contribution >= 4 is 0 Å². The predicted octanol–water partition coefficient (Wildman–Crippen LogP) is 0.473. The van der Waals surface area contributed by atoms with Crippen molar-refractivity contribution in [1.82, 2.24) is 9.88 Å². The highest BCUT2D eigenvalue weighted by Gasteiger charge is 2.06. The molecule has 1 atom stereocenters. The first-order valence-corrected chi connectivity index (χ1v) is 5.14. The van der Waals surface area contributed by atoms with E-state index in [1.165, 1.54) is 0 Å². The summed E-state index contributed by atoms with van der Waals surface area (Å²) in [7, 11) is 1.69. The summed E-state index contributed by atoms with van der Waals surface area (Å²) < 4.78 is 7.09. The normalized spacial score (nSPS) is 12.7. The predicted molar refractivity (Wildman–Crippen MR) is 60.0 cm³/mol. The Balaban J connectivity index is 2.56. The minimum absolute atomic E-state index is 0.0398. The summed E-state index contributed by atoms with van der Waals surface area (Å²) in [6.07, 6.45) is 3.59. The molecule has 1 rings (SSSR count). The molecular weight excluding hydrogens is 192 g/mol. The van der Waals surface area contributed by atoms with Gasteiger partial charge in [0.25, 0.3) is 0 Å². The van der Waals surface area contributed by atoms with E-state index in [-0.39, 0.29) is 11.5 Å². The lowest BCUT2D eigenvalue weighted by atomic mass is 10.3. The van der Waals surface area contributed by atoms with Gasteiger partial charge >= 0.3 is 0 Å². The number of rotatable bonds is 6. The zero-order valence-corrected chi connectivity index (χ0v) is 9.27. The standard InChI is InChI=1S/C11H18N2O2/c1-3-12-10(9-15-2)8-13-6-4-11(14)5-7-13/h4-7,10,12H,3,8-9H2,1-2H3. The molecule has 1 aromatic rings. The molecule has 0 fully saturated rings. The molecule has 4 heteroatoms. The molecule has 0 spiro atoms. The van der Waals surface area contributed by atoms with Gasteiger partial charge in [0.2, 0.25) is 0 Å². The van der Waals surface area contributed by atoms with Gasteiger partial charge in [0.1, 0.15) is 0 Å². The van der Waals surface area contributed by atoms with Gasteiger partial charge in [-0.05, 0) is 6.54 Å². The van der Waals surface area contributed by atoms with Crippen LogP contribution in [0.1, 0.15) is 6.92 Å². The Morgan fingerprint density at radius 2 is 2.13 bits per heavy atom. The van der Waals surface area contributed by atoms with Crippen LogP contribution in [0.25, 0.3) is 0 Å². The Labute approximate surface area is 89.9 Å². The zero-order valence-electron chi connectivity index (χ0n) is 9.27. The average Bonchev–Trinajstić information content (AvgIpc) is 2.22. The molecule has 84 valence electrons. The Morgan fingerprint density at radius 1 is 1.47 bits per heavy atom. The van der Waals surface area contributed by atoms with Gasteiger partial charge in [0.05, 0.1) is 6.61 Å². The molecule has 0 saturated heterocycles. The fourth-order valence-corrected chi connectivity index (χ4v) is 1.49. The molecular formula is C11H18N2O2. The molecule has 0 aliphatic carbocycles. The summed E-state index contributed by atoms with van der Waals surface area (Å²) in [5, 5.41) is 3.32. The largest absolute Gasteiger partial charge is 0.383 e. The first-order chi connectivity index (χ1) is 7.26. The van der Waals surface area contributed by atoms with Crippen molar-refractivity contribution in [1.29, 1.82) is 0 Å². The quantitative estimate of drug-likeness (QED) is 0.742. The summed E-state index contributed by atoms with van der Waals surface area (Å²) >= 11 is 0. The molecule has 15 heavy (non-hydrogen) atoms. The van der Waals surface area contributed by atoms with E-state index in [1.54, 1.807) is 31.6 Å². The van der Waals surface area contributed by atoms with Crippen LogP contribution >= 0.6 is 0 Å². The molecule has 0 aliphatic heterocycles. The van der Waals surface area contributed by atoms with Crippen LogP contribution in [0.3, 0.4) is 0 Å². The van der Waals surface area contributed by atoms with E-state index in [2.05, 4.69) is 12.2 Å². The Bertz CT molecular complexity index is 309. The molecule has 0 saturated carbocycles. The summed E-state index contributed by atoms with van der Waals surface area (Å²) in [6, 6.07) is 3.41. The van der Waals surface area contributed by atoms with Crippen LogP contribution in [0.2, 0.25) is 0 Å². The van der Waals surface area contributed by atoms with Crippen LogP contribution in [0.15, 0.2) is 29.3 Å². The van der Waals surface area contributed by atoms with E-state index in [0.29, 0.717) is 6.61 Å². The third kappa shape index (κ3) is 4.27. The molecule has 0 bridgehead atoms. The third-order valence-electron chi connectivity index (χ3n) is 2.15. The smallest absolute Gasteiger partial charge is 0.181 e. The maximum atomic E-state index is 10.9. The number of hydrogen-bond acceptors (Lipinski definition) is 3. The fourth-order valence-electron chi connectivity index (χ4n) is 1.49. The van der Waals surface area contributed by atoms with Gasteiger partial charge in [-0.3, -0.25) is 4.79 Å². The molecule has 1 unspecified atom stereocenters. The first kappa shape index (κ1) is 11.9. The van der Waals surface area contributed by atoms with Gasteiger partial charge in [0.15, 0.2) is 5.43 Å². The van der Waals surface area contributed by atoms with Crippen LogP contribution in [0.4, 0.5) is 0 Å². The van der Waals surface area contributed by atoms with Crippen LogP contribution in [-0.4, -0.2) is 30.9 Å². The molecule has 0 radical (unpaired) electrons. The maximum absolute atomic E-state index is 10.9. The lowest BCUT2D eigenvalue weighted by Gasteiger charge is -2.18. The summed E-state index contributed by atoms with van der Waals surface area (Å²) in [5.74, 6) is 0. The maximum Gasteiger partial charge on any atom is 0.181 e. The Kier molecular flexibility index (Phi) is 5.07. The van der Waals surface area contributed by atoms with Crippen molar-refractivity contribution in [2.45, 2.75) is 19.5 Å². The molecule has 0 aromatic carbocycles. The molecule has 0 aliphatic rings. The van der Waals surface area contributed by atoms with Crippen molar-refractivity contribution < 1.29 is 4.74 Å². The van der Waals surface area contributed by atoms with E-state index in [9.17, 15) is 4.79 Å². The number of nitrogens with one attached hydrogen (secondary N) is 1. The van der Waals surface area contributed by atoms with Crippen LogP contribution in [0, 0.1) is 0 Å². The highest BCUT2D eigenvalue weighted by molar-refractivity contribution is 4.94. The highest BCUT2D eigenvalue weighted by Crippen LogP contribution is 1.92. The zero-order chi connectivity index (χ0) is 11.1. The number of pyridine rings is 1. The molecule has 0 amide bonds. The van der Waals surface area contributed by atoms with Crippen molar-refractivity contribution in [3.05, 3.63) is 34.7 Å². The van der Waals surface area contributed by atoms with Gasteiger partial charge < -0.3 is 14.6 Å². The van der Waals surface area contributed by atoms with Crippen LogP contribution in [-0.2, 0) is 11.3 Å². The van der Waals surface area contributed by atoms with Gasteiger partial charge in [0, 0.05) is 44.2 Å². The topological polar surface area (TPSA) is 43.3 Å². The van der Waals surface area contributed by atoms with E-state index in [1.807, 2.05) is 4.57 Å². The van der Waals surface area contributed by atoms with E-state index < -0.39 is 0 Å². The lowest BCUT2D eigenvalue weighted by Crippen LogP contribution is -2.36. The number of aromatic nitrogens is 1. The van der Waals surface area contributed by atoms with Crippen molar-refractivity contribution in [2.24, 2.45) is 0 Å². The first-order valence-electron chi connectivity index (χ1n) is 5.14. The van der Waals surface area contributed by atoms with Gasteiger partial charge in [-0.25, -0.2) is 0 Å². The minimum atomic E-state index is 0.0398. The number of methoxy groups -OCH3 is 1. The second kappa shape index (κ2) is 6.37. The monoisotopic (exact) mass is 210 g/mol. The molecule has 4 nitrogen and oxygen atoms in total. The van der Waals surface area contributed by atoms with Gasteiger partial charge in [-0.15, -0.1) is 0 Å². The lowest BCUT2D eigenvalue weighted by molar-refractivity contribution is 0.159. The van der Waals surface area contributed by atoms with Crippen LogP contribution < -0.4 is 10.7 Å². The molecule has 1 aromatic heterocycles. The van der Waals surface area contributed by atoms with E-state index in [0.717, 1.165) is 13.1 Å². The summed E-state index contributed by atoms with van der Waals surface area (Å²) in [6.45, 7) is 4.45. The Hall–Kier alpha value is -1.13. The number of hydrogen-bond donors (Lipinski definition) is 1. The summed E-state index contributed by atoms with van der Waals surface area (Å²) in [4.78, 5) is 10.9. The molecule has 1 heterocycles. The third-order valence-corrected chi connectivity index (χ3v) is 2.15. The Morgan fingerprint density at radius 3 is 2.67 bits per heavy atom. The van der Waals surface area contributed by atoms with E-state index >= 15 is 0 Å². The van der Waals surface area contributed by atoms with Crippen LogP contribution in [0.5, 0.6) is 0 Å². The summed E-state index contributed by atoms with van der Waals surface area (Å²) in [5.41, 5.74) is 0.0398.